The average molecular weight is 469 g/mol. The summed E-state index contributed by atoms with van der Waals surface area (Å²) in [5.41, 5.74) is 4.75. The molecule has 0 atom stereocenters. The lowest BCUT2D eigenvalue weighted by atomic mass is 10.1. The van der Waals surface area contributed by atoms with Crippen LogP contribution >= 0.6 is 0 Å². The summed E-state index contributed by atoms with van der Waals surface area (Å²) < 4.78 is 16.3. The van der Waals surface area contributed by atoms with Gasteiger partial charge in [-0.1, -0.05) is 109 Å². The topological polar surface area (TPSA) is 27.7 Å². The van der Waals surface area contributed by atoms with Gasteiger partial charge in [-0.3, -0.25) is 0 Å². The van der Waals surface area contributed by atoms with E-state index in [1.54, 1.807) is 12.2 Å². The Hall–Kier alpha value is -3.66. The Bertz CT molecular complexity index is 1050. The third-order valence-corrected chi connectivity index (χ3v) is 4.67. The number of rotatable bonds is 13. The van der Waals surface area contributed by atoms with Crippen molar-refractivity contribution in [2.75, 3.05) is 26.4 Å². The normalized spacial score (nSPS) is 10.7. The van der Waals surface area contributed by atoms with Gasteiger partial charge in [0.2, 0.25) is 0 Å². The van der Waals surface area contributed by atoms with Crippen LogP contribution in [-0.2, 0) is 16.1 Å². The first kappa shape index (κ1) is 27.6. The minimum atomic E-state index is 0.574. The Morgan fingerprint density at radius 1 is 0.657 bits per heavy atom. The quantitative estimate of drug-likeness (QED) is 0.190. The van der Waals surface area contributed by atoms with Crippen LogP contribution in [0.1, 0.15) is 22.3 Å². The van der Waals surface area contributed by atoms with Crippen LogP contribution in [0.25, 0.3) is 12.2 Å². The van der Waals surface area contributed by atoms with Crippen molar-refractivity contribution < 1.29 is 14.2 Å². The lowest BCUT2D eigenvalue weighted by Gasteiger charge is -2.06. The van der Waals surface area contributed by atoms with Gasteiger partial charge in [0.05, 0.1) is 26.4 Å². The molecule has 3 rings (SSSR count). The van der Waals surface area contributed by atoms with Crippen molar-refractivity contribution in [3.8, 4) is 5.75 Å². The summed E-state index contributed by atoms with van der Waals surface area (Å²) in [5.74, 6) is 0.869. The van der Waals surface area contributed by atoms with E-state index in [0.717, 1.165) is 16.9 Å². The molecule has 0 heterocycles. The summed E-state index contributed by atoms with van der Waals surface area (Å²) in [5, 5.41) is 0. The molecule has 0 unspecified atom stereocenters. The highest BCUT2D eigenvalue weighted by Gasteiger charge is 1.96. The fourth-order valence-electron chi connectivity index (χ4n) is 3.03. The van der Waals surface area contributed by atoms with Gasteiger partial charge in [-0.2, -0.15) is 0 Å². The maximum absolute atomic E-state index is 5.80. The zero-order valence-corrected chi connectivity index (χ0v) is 20.6. The molecule has 0 amide bonds. The van der Waals surface area contributed by atoms with Crippen molar-refractivity contribution in [3.63, 3.8) is 0 Å². The summed E-state index contributed by atoms with van der Waals surface area (Å²) in [7, 11) is 0. The van der Waals surface area contributed by atoms with E-state index >= 15 is 0 Å². The highest BCUT2D eigenvalue weighted by molar-refractivity contribution is 5.52. The maximum Gasteiger partial charge on any atom is 0.120 e. The van der Waals surface area contributed by atoms with Gasteiger partial charge < -0.3 is 14.2 Å². The molecule has 0 aliphatic heterocycles. The van der Waals surface area contributed by atoms with Gasteiger partial charge in [-0.15, -0.1) is 13.2 Å². The van der Waals surface area contributed by atoms with E-state index in [1.807, 2.05) is 60.7 Å². The lowest BCUT2D eigenvalue weighted by Crippen LogP contribution is -1.95. The van der Waals surface area contributed by atoms with Crippen LogP contribution in [0.4, 0.5) is 0 Å². The van der Waals surface area contributed by atoms with E-state index < -0.39 is 0 Å². The van der Waals surface area contributed by atoms with Gasteiger partial charge in [-0.05, 0) is 35.7 Å². The SMILES string of the molecule is C=CCOC/C=C/c1cccc(C)c1.C=CCOC/C=C/c1cccc(OCc2ccccc2)c1. The second kappa shape index (κ2) is 17.8. The van der Waals surface area contributed by atoms with E-state index in [4.69, 9.17) is 14.2 Å². The Morgan fingerprint density at radius 2 is 1.26 bits per heavy atom. The number of benzene rings is 3. The van der Waals surface area contributed by atoms with E-state index in [1.165, 1.54) is 11.1 Å². The summed E-state index contributed by atoms with van der Waals surface area (Å²) in [4.78, 5) is 0. The molecular formula is C32H36O3. The van der Waals surface area contributed by atoms with Crippen LogP contribution in [0.3, 0.4) is 0 Å². The standard InChI is InChI=1S/C19H20O2.C13H16O/c1-2-13-20-14-7-11-17-10-6-12-19(15-17)21-16-18-8-4-3-5-9-18;1-3-9-14-10-5-8-13-7-4-6-12(2)11-13/h2-12,15H,1,13-14,16H2;3-8,11H,1,9-10H2,2H3/b11-7+;8-5+. The van der Waals surface area contributed by atoms with Crippen LogP contribution < -0.4 is 4.74 Å². The molecule has 0 radical (unpaired) electrons. The second-order valence-electron chi connectivity index (χ2n) is 7.72. The molecule has 0 saturated carbocycles. The van der Waals surface area contributed by atoms with E-state index in [2.05, 4.69) is 62.6 Å². The van der Waals surface area contributed by atoms with Crippen molar-refractivity contribution in [2.45, 2.75) is 13.5 Å². The molecule has 3 aromatic carbocycles. The molecular weight excluding hydrogens is 432 g/mol. The van der Waals surface area contributed by atoms with Gasteiger partial charge in [0, 0.05) is 0 Å². The fourth-order valence-corrected chi connectivity index (χ4v) is 3.03. The van der Waals surface area contributed by atoms with Gasteiger partial charge >= 0.3 is 0 Å². The fraction of sp³-hybridized carbons (Fsp3) is 0.188. The molecule has 3 heteroatoms. The minimum Gasteiger partial charge on any atom is -0.489 e. The molecule has 35 heavy (non-hydrogen) atoms. The smallest absolute Gasteiger partial charge is 0.120 e. The zero-order chi connectivity index (χ0) is 25.0. The lowest BCUT2D eigenvalue weighted by molar-refractivity contribution is 0.194. The van der Waals surface area contributed by atoms with Crippen molar-refractivity contribution in [1.82, 2.24) is 0 Å². The third-order valence-electron chi connectivity index (χ3n) is 4.67. The van der Waals surface area contributed by atoms with Crippen LogP contribution in [-0.4, -0.2) is 26.4 Å². The largest absolute Gasteiger partial charge is 0.489 e. The van der Waals surface area contributed by atoms with Crippen molar-refractivity contribution in [1.29, 1.82) is 0 Å². The van der Waals surface area contributed by atoms with Crippen LogP contribution in [0.5, 0.6) is 5.75 Å². The van der Waals surface area contributed by atoms with Crippen molar-refractivity contribution >= 4 is 12.2 Å². The highest BCUT2D eigenvalue weighted by Crippen LogP contribution is 2.16. The molecule has 0 aliphatic carbocycles. The van der Waals surface area contributed by atoms with E-state index in [0.29, 0.717) is 33.0 Å². The van der Waals surface area contributed by atoms with Crippen LogP contribution in [0.15, 0.2) is 116 Å². The van der Waals surface area contributed by atoms with Gasteiger partial charge in [0.1, 0.15) is 12.4 Å². The first-order valence-electron chi connectivity index (χ1n) is 11.7. The highest BCUT2D eigenvalue weighted by atomic mass is 16.5. The summed E-state index contributed by atoms with van der Waals surface area (Å²) in [6.07, 6.45) is 11.6. The molecule has 0 bridgehead atoms. The number of aryl methyl sites for hydroxylation is 1. The van der Waals surface area contributed by atoms with Crippen molar-refractivity contribution in [2.24, 2.45) is 0 Å². The molecule has 0 fully saturated rings. The monoisotopic (exact) mass is 468 g/mol. The minimum absolute atomic E-state index is 0.574. The molecule has 0 spiro atoms. The molecule has 3 aromatic rings. The number of ether oxygens (including phenoxy) is 3. The van der Waals surface area contributed by atoms with E-state index in [-0.39, 0.29) is 0 Å². The number of hydrogen-bond acceptors (Lipinski definition) is 3. The van der Waals surface area contributed by atoms with Crippen LogP contribution in [0.2, 0.25) is 0 Å². The molecule has 182 valence electrons. The zero-order valence-electron chi connectivity index (χ0n) is 20.6. The summed E-state index contributed by atoms with van der Waals surface area (Å²) in [6.45, 7) is 12.3. The first-order chi connectivity index (χ1) is 17.2. The predicted molar refractivity (Wildman–Crippen MR) is 148 cm³/mol. The van der Waals surface area contributed by atoms with Crippen molar-refractivity contribution in [3.05, 3.63) is 139 Å². The Labute approximate surface area is 210 Å². The molecule has 0 N–H and O–H groups in total. The first-order valence-corrected chi connectivity index (χ1v) is 11.7. The predicted octanol–water partition coefficient (Wildman–Crippen LogP) is 7.69. The average Bonchev–Trinajstić information content (AvgIpc) is 2.89. The molecule has 3 nitrogen and oxygen atoms in total. The summed E-state index contributed by atoms with van der Waals surface area (Å²) >= 11 is 0. The Morgan fingerprint density at radius 3 is 1.86 bits per heavy atom. The van der Waals surface area contributed by atoms with Gasteiger partial charge in [0.25, 0.3) is 0 Å². The number of hydrogen-bond donors (Lipinski definition) is 0. The Balaban J connectivity index is 0.000000269. The third kappa shape index (κ3) is 13.0. The van der Waals surface area contributed by atoms with Crippen LogP contribution in [0, 0.1) is 6.92 Å². The van der Waals surface area contributed by atoms with Gasteiger partial charge in [-0.25, -0.2) is 0 Å². The van der Waals surface area contributed by atoms with Gasteiger partial charge in [0.15, 0.2) is 0 Å². The maximum atomic E-state index is 5.80. The summed E-state index contributed by atoms with van der Waals surface area (Å²) in [6, 6.07) is 26.5. The molecule has 0 aromatic heterocycles. The Kier molecular flexibility index (Phi) is 14.0. The second-order valence-corrected chi connectivity index (χ2v) is 7.72. The van der Waals surface area contributed by atoms with E-state index in [9.17, 15) is 0 Å². The molecule has 0 saturated heterocycles. The molecule has 0 aliphatic rings.